The Balaban J connectivity index is 1.96. The lowest BCUT2D eigenvalue weighted by Gasteiger charge is -1.95. The normalized spacial score (nSPS) is 10.8. The Hall–Kier alpha value is -2.43. The maximum absolute atomic E-state index is 5.61. The SMILES string of the molecule is Nc1ccc2[nH]c(Cc3cccnc3)nc2n1. The van der Waals surface area contributed by atoms with Crippen LogP contribution < -0.4 is 5.73 Å². The van der Waals surface area contributed by atoms with E-state index in [1.807, 2.05) is 24.4 Å². The summed E-state index contributed by atoms with van der Waals surface area (Å²) < 4.78 is 0. The van der Waals surface area contributed by atoms with Crippen LogP contribution in [0, 0.1) is 0 Å². The van der Waals surface area contributed by atoms with Gasteiger partial charge in [-0.3, -0.25) is 4.98 Å². The number of anilines is 1. The van der Waals surface area contributed by atoms with Crippen LogP contribution in [0.4, 0.5) is 5.82 Å². The van der Waals surface area contributed by atoms with E-state index in [0.717, 1.165) is 16.9 Å². The maximum atomic E-state index is 5.61. The van der Waals surface area contributed by atoms with E-state index in [-0.39, 0.29) is 0 Å². The Kier molecular flexibility index (Phi) is 2.22. The minimum absolute atomic E-state index is 0.483. The third kappa shape index (κ3) is 1.94. The summed E-state index contributed by atoms with van der Waals surface area (Å²) in [6.07, 6.45) is 4.30. The molecule has 0 aliphatic rings. The molecular formula is C12H11N5. The second-order valence-corrected chi connectivity index (χ2v) is 3.83. The number of aromatic amines is 1. The van der Waals surface area contributed by atoms with Crippen molar-refractivity contribution in [1.82, 2.24) is 19.9 Å². The number of nitrogens with one attached hydrogen (secondary N) is 1. The van der Waals surface area contributed by atoms with Gasteiger partial charge in [-0.25, -0.2) is 9.97 Å². The first kappa shape index (κ1) is 9.77. The number of imidazole rings is 1. The fourth-order valence-electron chi connectivity index (χ4n) is 1.74. The fraction of sp³-hybridized carbons (Fsp3) is 0.0833. The molecule has 0 saturated carbocycles. The molecule has 0 amide bonds. The van der Waals surface area contributed by atoms with E-state index in [0.29, 0.717) is 17.9 Å². The molecule has 0 saturated heterocycles. The Morgan fingerprint density at radius 3 is 2.94 bits per heavy atom. The van der Waals surface area contributed by atoms with E-state index in [1.54, 1.807) is 12.3 Å². The molecule has 0 aliphatic heterocycles. The third-order valence-electron chi connectivity index (χ3n) is 2.51. The van der Waals surface area contributed by atoms with E-state index in [4.69, 9.17) is 5.73 Å². The van der Waals surface area contributed by atoms with E-state index >= 15 is 0 Å². The topological polar surface area (TPSA) is 80.5 Å². The first-order valence-corrected chi connectivity index (χ1v) is 5.31. The largest absolute Gasteiger partial charge is 0.384 e. The lowest BCUT2D eigenvalue weighted by Crippen LogP contribution is -1.91. The van der Waals surface area contributed by atoms with Crippen molar-refractivity contribution in [2.45, 2.75) is 6.42 Å². The quantitative estimate of drug-likeness (QED) is 0.693. The number of hydrogen-bond acceptors (Lipinski definition) is 4. The van der Waals surface area contributed by atoms with Crippen LogP contribution in [0.3, 0.4) is 0 Å². The van der Waals surface area contributed by atoms with Gasteiger partial charge >= 0.3 is 0 Å². The molecule has 0 radical (unpaired) electrons. The van der Waals surface area contributed by atoms with Gasteiger partial charge in [0.05, 0.1) is 5.52 Å². The molecule has 5 heteroatoms. The van der Waals surface area contributed by atoms with Crippen LogP contribution in [-0.4, -0.2) is 19.9 Å². The second-order valence-electron chi connectivity index (χ2n) is 3.83. The number of nitrogen functional groups attached to an aromatic ring is 1. The molecule has 0 unspecified atom stereocenters. The van der Waals surface area contributed by atoms with Crippen molar-refractivity contribution in [3.05, 3.63) is 48.0 Å². The highest BCUT2D eigenvalue weighted by atomic mass is 15.0. The standard InChI is InChI=1S/C12H11N5/c13-10-4-3-9-12(16-10)17-11(15-9)6-8-2-1-5-14-7-8/h1-5,7H,6H2,(H3,13,15,16,17). The number of rotatable bonds is 2. The number of nitrogens with two attached hydrogens (primary N) is 1. The summed E-state index contributed by atoms with van der Waals surface area (Å²) in [6.45, 7) is 0. The van der Waals surface area contributed by atoms with Crippen molar-refractivity contribution in [1.29, 1.82) is 0 Å². The maximum Gasteiger partial charge on any atom is 0.179 e. The number of aromatic nitrogens is 4. The molecule has 3 heterocycles. The summed E-state index contributed by atoms with van der Waals surface area (Å²) in [6, 6.07) is 7.57. The number of hydrogen-bond donors (Lipinski definition) is 2. The van der Waals surface area contributed by atoms with Crippen LogP contribution in [0.15, 0.2) is 36.7 Å². The monoisotopic (exact) mass is 225 g/mol. The minimum Gasteiger partial charge on any atom is -0.384 e. The van der Waals surface area contributed by atoms with Gasteiger partial charge in [-0.15, -0.1) is 0 Å². The molecule has 3 rings (SSSR count). The summed E-state index contributed by atoms with van der Waals surface area (Å²) in [5.41, 5.74) is 8.28. The molecule has 0 bridgehead atoms. The van der Waals surface area contributed by atoms with Gasteiger partial charge in [0.2, 0.25) is 0 Å². The van der Waals surface area contributed by atoms with Gasteiger partial charge in [0.1, 0.15) is 11.6 Å². The highest BCUT2D eigenvalue weighted by Crippen LogP contribution is 2.13. The van der Waals surface area contributed by atoms with Crippen LogP contribution in [0.2, 0.25) is 0 Å². The van der Waals surface area contributed by atoms with Gasteiger partial charge in [-0.05, 0) is 23.8 Å². The number of nitrogens with zero attached hydrogens (tertiary/aromatic N) is 3. The molecule has 0 aromatic carbocycles. The van der Waals surface area contributed by atoms with Crippen LogP contribution in [0.5, 0.6) is 0 Å². The summed E-state index contributed by atoms with van der Waals surface area (Å²) in [4.78, 5) is 15.8. The lowest BCUT2D eigenvalue weighted by molar-refractivity contribution is 1.02. The van der Waals surface area contributed by atoms with E-state index in [9.17, 15) is 0 Å². The average molecular weight is 225 g/mol. The van der Waals surface area contributed by atoms with Gasteiger partial charge in [0, 0.05) is 18.8 Å². The highest BCUT2D eigenvalue weighted by molar-refractivity contribution is 5.72. The van der Waals surface area contributed by atoms with Gasteiger partial charge < -0.3 is 10.7 Å². The Morgan fingerprint density at radius 1 is 1.18 bits per heavy atom. The van der Waals surface area contributed by atoms with Crippen LogP contribution in [0.25, 0.3) is 11.2 Å². The predicted molar refractivity (Wildman–Crippen MR) is 65.3 cm³/mol. The van der Waals surface area contributed by atoms with Crippen molar-refractivity contribution in [2.75, 3.05) is 5.73 Å². The Labute approximate surface area is 97.7 Å². The lowest BCUT2D eigenvalue weighted by atomic mass is 10.2. The fourth-order valence-corrected chi connectivity index (χ4v) is 1.74. The van der Waals surface area contributed by atoms with E-state index < -0.39 is 0 Å². The zero-order valence-corrected chi connectivity index (χ0v) is 9.09. The molecule has 0 fully saturated rings. The number of fused-ring (bicyclic) bond motifs is 1. The molecule has 0 atom stereocenters. The van der Waals surface area contributed by atoms with Crippen molar-refractivity contribution >= 4 is 17.0 Å². The minimum atomic E-state index is 0.483. The molecule has 84 valence electrons. The smallest absolute Gasteiger partial charge is 0.179 e. The van der Waals surface area contributed by atoms with E-state index in [1.165, 1.54) is 0 Å². The zero-order chi connectivity index (χ0) is 11.7. The molecule has 3 aromatic heterocycles. The first-order chi connectivity index (χ1) is 8.31. The average Bonchev–Trinajstić information content (AvgIpc) is 2.71. The van der Waals surface area contributed by atoms with Crippen molar-refractivity contribution in [3.63, 3.8) is 0 Å². The van der Waals surface area contributed by atoms with Crippen molar-refractivity contribution in [3.8, 4) is 0 Å². The van der Waals surface area contributed by atoms with Gasteiger partial charge in [0.15, 0.2) is 5.65 Å². The molecule has 0 spiro atoms. The summed E-state index contributed by atoms with van der Waals surface area (Å²) in [5, 5.41) is 0. The van der Waals surface area contributed by atoms with Crippen molar-refractivity contribution in [2.24, 2.45) is 0 Å². The first-order valence-electron chi connectivity index (χ1n) is 5.31. The molecule has 17 heavy (non-hydrogen) atoms. The van der Waals surface area contributed by atoms with Gasteiger partial charge in [0.25, 0.3) is 0 Å². The Morgan fingerprint density at radius 2 is 2.12 bits per heavy atom. The van der Waals surface area contributed by atoms with Gasteiger partial charge in [-0.1, -0.05) is 6.07 Å². The molecule has 5 nitrogen and oxygen atoms in total. The number of H-pyrrole nitrogens is 1. The summed E-state index contributed by atoms with van der Waals surface area (Å²) >= 11 is 0. The Bertz CT molecular complexity index is 644. The highest BCUT2D eigenvalue weighted by Gasteiger charge is 2.04. The molecule has 3 N–H and O–H groups in total. The second kappa shape index (κ2) is 3.86. The molecule has 3 aromatic rings. The van der Waals surface area contributed by atoms with Crippen LogP contribution in [0.1, 0.15) is 11.4 Å². The number of pyridine rings is 2. The summed E-state index contributed by atoms with van der Waals surface area (Å²) in [5.74, 6) is 1.35. The van der Waals surface area contributed by atoms with Crippen LogP contribution in [-0.2, 0) is 6.42 Å². The van der Waals surface area contributed by atoms with E-state index in [2.05, 4.69) is 19.9 Å². The molecule has 0 aliphatic carbocycles. The zero-order valence-electron chi connectivity index (χ0n) is 9.09. The summed E-state index contributed by atoms with van der Waals surface area (Å²) in [7, 11) is 0. The predicted octanol–water partition coefficient (Wildman–Crippen LogP) is 1.53. The van der Waals surface area contributed by atoms with Gasteiger partial charge in [-0.2, -0.15) is 0 Å². The van der Waals surface area contributed by atoms with Crippen LogP contribution >= 0.6 is 0 Å². The van der Waals surface area contributed by atoms with Crippen molar-refractivity contribution < 1.29 is 0 Å². The third-order valence-corrected chi connectivity index (χ3v) is 2.51. The molecular weight excluding hydrogens is 214 g/mol.